The van der Waals surface area contributed by atoms with Crippen molar-refractivity contribution in [2.75, 3.05) is 6.61 Å². The average Bonchev–Trinajstić information content (AvgIpc) is 2.75. The zero-order valence-electron chi connectivity index (χ0n) is 9.17. The molecule has 0 amide bonds. The monoisotopic (exact) mass is 347 g/mol. The number of hydrogen-bond donors (Lipinski definition) is 1. The van der Waals surface area contributed by atoms with E-state index >= 15 is 0 Å². The normalized spacial score (nSPS) is 22.4. The van der Waals surface area contributed by atoms with Crippen LogP contribution < -0.4 is 5.73 Å². The highest BCUT2D eigenvalue weighted by Crippen LogP contribution is 2.33. The van der Waals surface area contributed by atoms with Crippen LogP contribution in [-0.2, 0) is 4.74 Å². The van der Waals surface area contributed by atoms with Crippen LogP contribution in [0.15, 0.2) is 21.1 Å². The highest BCUT2D eigenvalue weighted by atomic mass is 79.9. The van der Waals surface area contributed by atoms with E-state index in [0.29, 0.717) is 0 Å². The van der Waals surface area contributed by atoms with E-state index in [0.717, 1.165) is 34.0 Å². The topological polar surface area (TPSA) is 35.2 Å². The number of halogens is 2. The quantitative estimate of drug-likeness (QED) is 0.884. The first-order valence-corrected chi connectivity index (χ1v) is 7.01. The smallest absolute Gasteiger partial charge is 0.0768 e. The Morgan fingerprint density at radius 2 is 2.12 bits per heavy atom. The van der Waals surface area contributed by atoms with E-state index in [1.54, 1.807) is 0 Å². The first-order chi connectivity index (χ1) is 7.59. The van der Waals surface area contributed by atoms with Gasteiger partial charge in [-0.05, 0) is 43.0 Å². The minimum Gasteiger partial charge on any atom is -0.376 e. The van der Waals surface area contributed by atoms with E-state index in [4.69, 9.17) is 10.5 Å². The molecule has 1 aliphatic rings. The number of nitrogens with two attached hydrogens (primary N) is 1. The Kier molecular flexibility index (Phi) is 4.06. The van der Waals surface area contributed by atoms with Crippen LogP contribution in [0.4, 0.5) is 0 Å². The number of ether oxygens (including phenoxy) is 1. The van der Waals surface area contributed by atoms with Crippen LogP contribution in [-0.4, -0.2) is 12.7 Å². The molecule has 88 valence electrons. The van der Waals surface area contributed by atoms with Crippen LogP contribution >= 0.6 is 31.9 Å². The molecule has 1 heterocycles. The minimum atomic E-state index is -0.0474. The van der Waals surface area contributed by atoms with Crippen molar-refractivity contribution in [1.82, 2.24) is 0 Å². The van der Waals surface area contributed by atoms with Gasteiger partial charge in [-0.15, -0.1) is 0 Å². The first-order valence-electron chi connectivity index (χ1n) is 5.42. The summed E-state index contributed by atoms with van der Waals surface area (Å²) < 4.78 is 7.80. The molecule has 0 bridgehead atoms. The Balaban J connectivity index is 2.28. The molecule has 1 aromatic carbocycles. The number of benzene rings is 1. The number of rotatable bonds is 2. The van der Waals surface area contributed by atoms with E-state index in [1.807, 2.05) is 0 Å². The lowest BCUT2D eigenvalue weighted by atomic mass is 9.99. The van der Waals surface area contributed by atoms with Gasteiger partial charge in [0.2, 0.25) is 0 Å². The maximum Gasteiger partial charge on any atom is 0.0768 e. The second-order valence-corrected chi connectivity index (χ2v) is 5.91. The molecule has 1 aliphatic heterocycles. The molecule has 2 atom stereocenters. The highest BCUT2D eigenvalue weighted by Gasteiger charge is 2.25. The summed E-state index contributed by atoms with van der Waals surface area (Å²) >= 11 is 7.11. The molecule has 0 spiro atoms. The van der Waals surface area contributed by atoms with Crippen molar-refractivity contribution in [2.45, 2.75) is 31.9 Å². The lowest BCUT2D eigenvalue weighted by Crippen LogP contribution is -2.25. The van der Waals surface area contributed by atoms with Crippen molar-refractivity contribution < 1.29 is 4.74 Å². The molecule has 1 saturated heterocycles. The zero-order valence-corrected chi connectivity index (χ0v) is 12.3. The average molecular weight is 349 g/mol. The predicted molar refractivity (Wildman–Crippen MR) is 72.5 cm³/mol. The van der Waals surface area contributed by atoms with Crippen LogP contribution in [0, 0.1) is 6.92 Å². The predicted octanol–water partition coefficient (Wildman–Crippen LogP) is 3.70. The highest BCUT2D eigenvalue weighted by molar-refractivity contribution is 9.11. The lowest BCUT2D eigenvalue weighted by molar-refractivity contribution is 0.0898. The summed E-state index contributed by atoms with van der Waals surface area (Å²) in [4.78, 5) is 0. The third-order valence-corrected chi connectivity index (χ3v) is 4.54. The molecule has 2 unspecified atom stereocenters. The van der Waals surface area contributed by atoms with Crippen molar-refractivity contribution in [2.24, 2.45) is 5.73 Å². The molecule has 16 heavy (non-hydrogen) atoms. The number of aryl methyl sites for hydroxylation is 1. The second kappa shape index (κ2) is 5.17. The van der Waals surface area contributed by atoms with Crippen molar-refractivity contribution >= 4 is 31.9 Å². The van der Waals surface area contributed by atoms with Gasteiger partial charge in [0.25, 0.3) is 0 Å². The maximum absolute atomic E-state index is 6.24. The Hall–Kier alpha value is 0.1000. The summed E-state index contributed by atoms with van der Waals surface area (Å²) in [5.41, 5.74) is 8.56. The molecule has 4 heteroatoms. The fourth-order valence-corrected chi connectivity index (χ4v) is 3.09. The van der Waals surface area contributed by atoms with E-state index < -0.39 is 0 Å². The Morgan fingerprint density at radius 1 is 1.38 bits per heavy atom. The van der Waals surface area contributed by atoms with Gasteiger partial charge in [-0.2, -0.15) is 0 Å². The molecule has 2 N–H and O–H groups in total. The van der Waals surface area contributed by atoms with E-state index in [2.05, 4.69) is 50.9 Å². The van der Waals surface area contributed by atoms with Gasteiger partial charge >= 0.3 is 0 Å². The number of hydrogen-bond acceptors (Lipinski definition) is 2. The molecule has 0 aromatic heterocycles. The van der Waals surface area contributed by atoms with Crippen LogP contribution in [0.3, 0.4) is 0 Å². The molecular formula is C12H15Br2NO. The summed E-state index contributed by atoms with van der Waals surface area (Å²) in [5.74, 6) is 0. The molecule has 0 aliphatic carbocycles. The van der Waals surface area contributed by atoms with Gasteiger partial charge in [0, 0.05) is 15.6 Å². The van der Waals surface area contributed by atoms with Gasteiger partial charge in [-0.25, -0.2) is 0 Å². The van der Waals surface area contributed by atoms with E-state index in [9.17, 15) is 0 Å². The van der Waals surface area contributed by atoms with Crippen molar-refractivity contribution in [3.05, 3.63) is 32.2 Å². The van der Waals surface area contributed by atoms with Crippen LogP contribution in [0.2, 0.25) is 0 Å². The van der Waals surface area contributed by atoms with Crippen LogP contribution in [0.25, 0.3) is 0 Å². The summed E-state index contributed by atoms with van der Waals surface area (Å²) in [5, 5.41) is 0. The van der Waals surface area contributed by atoms with E-state index in [-0.39, 0.29) is 12.1 Å². The Labute approximate surface area is 113 Å². The maximum atomic E-state index is 6.24. The fourth-order valence-electron chi connectivity index (χ4n) is 2.00. The molecular weight excluding hydrogens is 334 g/mol. The van der Waals surface area contributed by atoms with Gasteiger partial charge in [-0.3, -0.25) is 0 Å². The van der Waals surface area contributed by atoms with Crippen molar-refractivity contribution in [3.8, 4) is 0 Å². The summed E-state index contributed by atoms with van der Waals surface area (Å²) in [6, 6.07) is 4.13. The molecule has 1 aromatic rings. The summed E-state index contributed by atoms with van der Waals surface area (Å²) in [6.45, 7) is 2.90. The summed E-state index contributed by atoms with van der Waals surface area (Å²) in [6.07, 6.45) is 2.33. The third-order valence-electron chi connectivity index (χ3n) is 3.00. The molecule has 1 fully saturated rings. The Bertz CT molecular complexity index is 389. The lowest BCUT2D eigenvalue weighted by Gasteiger charge is -2.21. The van der Waals surface area contributed by atoms with Gasteiger partial charge in [0.05, 0.1) is 12.1 Å². The largest absolute Gasteiger partial charge is 0.376 e. The molecule has 2 rings (SSSR count). The minimum absolute atomic E-state index is 0.0474. The summed E-state index contributed by atoms with van der Waals surface area (Å²) in [7, 11) is 0. The first kappa shape index (κ1) is 12.6. The van der Waals surface area contributed by atoms with Crippen LogP contribution in [0.1, 0.15) is 30.0 Å². The fraction of sp³-hybridized carbons (Fsp3) is 0.500. The van der Waals surface area contributed by atoms with E-state index in [1.165, 1.54) is 5.56 Å². The van der Waals surface area contributed by atoms with Crippen LogP contribution in [0.5, 0.6) is 0 Å². The van der Waals surface area contributed by atoms with Gasteiger partial charge in [0.15, 0.2) is 0 Å². The van der Waals surface area contributed by atoms with Gasteiger partial charge < -0.3 is 10.5 Å². The van der Waals surface area contributed by atoms with Crippen molar-refractivity contribution in [1.29, 1.82) is 0 Å². The molecule has 0 saturated carbocycles. The third kappa shape index (κ3) is 2.50. The molecule has 0 radical (unpaired) electrons. The van der Waals surface area contributed by atoms with Gasteiger partial charge in [0.1, 0.15) is 0 Å². The second-order valence-electron chi connectivity index (χ2n) is 4.20. The SMILES string of the molecule is Cc1cc(Br)c(C(N)C2CCCO2)cc1Br. The van der Waals surface area contributed by atoms with Gasteiger partial charge in [-0.1, -0.05) is 31.9 Å². The Morgan fingerprint density at radius 3 is 2.75 bits per heavy atom. The van der Waals surface area contributed by atoms with Crippen molar-refractivity contribution in [3.63, 3.8) is 0 Å². The zero-order chi connectivity index (χ0) is 11.7. The molecule has 2 nitrogen and oxygen atoms in total. The standard InChI is InChI=1S/C12H15Br2NO/c1-7-5-10(14)8(6-9(7)13)12(15)11-3-2-4-16-11/h5-6,11-12H,2-4,15H2,1H3.